The van der Waals surface area contributed by atoms with Gasteiger partial charge in [0, 0.05) is 24.5 Å². The zero-order valence-corrected chi connectivity index (χ0v) is 12.1. The molecule has 0 aliphatic heterocycles. The number of nitrogens with zero attached hydrogens (tertiary/aromatic N) is 3. The molecule has 4 nitrogen and oxygen atoms in total. The van der Waals surface area contributed by atoms with Crippen molar-refractivity contribution in [2.45, 2.75) is 19.8 Å². The Labute approximate surface area is 123 Å². The van der Waals surface area contributed by atoms with Gasteiger partial charge in [-0.25, -0.2) is 9.97 Å². The number of hydrogen-bond donors (Lipinski definition) is 1. The molecular weight excluding hydrogens is 260 g/mol. The van der Waals surface area contributed by atoms with E-state index in [1.165, 1.54) is 18.4 Å². The van der Waals surface area contributed by atoms with E-state index in [1.54, 1.807) is 0 Å². The third kappa shape index (κ3) is 2.37. The molecule has 1 fully saturated rings. The van der Waals surface area contributed by atoms with Gasteiger partial charge >= 0.3 is 0 Å². The van der Waals surface area contributed by atoms with E-state index in [4.69, 9.17) is 0 Å². The first kappa shape index (κ1) is 12.4. The topological polar surface area (TPSA) is 42.2 Å². The fourth-order valence-corrected chi connectivity index (χ4v) is 2.54. The molecule has 21 heavy (non-hydrogen) atoms. The van der Waals surface area contributed by atoms with Crippen molar-refractivity contribution < 1.29 is 0 Å². The zero-order valence-electron chi connectivity index (χ0n) is 12.1. The zero-order chi connectivity index (χ0) is 14.2. The van der Waals surface area contributed by atoms with Gasteiger partial charge in [0.25, 0.3) is 0 Å². The predicted molar refractivity (Wildman–Crippen MR) is 84.4 cm³/mol. The van der Waals surface area contributed by atoms with Crippen LogP contribution in [0.15, 0.2) is 42.9 Å². The molecule has 2 aromatic heterocycles. The van der Waals surface area contributed by atoms with Gasteiger partial charge < -0.3 is 5.32 Å². The molecular formula is C17H18N4. The number of anilines is 1. The van der Waals surface area contributed by atoms with Crippen LogP contribution >= 0.6 is 0 Å². The maximum atomic E-state index is 4.58. The van der Waals surface area contributed by atoms with Gasteiger partial charge in [0.2, 0.25) is 0 Å². The second-order valence-corrected chi connectivity index (χ2v) is 5.80. The average Bonchev–Trinajstić information content (AvgIpc) is 3.20. The third-order valence-electron chi connectivity index (χ3n) is 4.03. The fourth-order valence-electron chi connectivity index (χ4n) is 2.54. The van der Waals surface area contributed by atoms with Gasteiger partial charge in [0.15, 0.2) is 11.5 Å². The lowest BCUT2D eigenvalue weighted by Gasteiger charge is -2.10. The van der Waals surface area contributed by atoms with E-state index in [0.717, 1.165) is 35.2 Å². The van der Waals surface area contributed by atoms with E-state index in [-0.39, 0.29) is 0 Å². The predicted octanol–water partition coefficient (Wildman–Crippen LogP) is 3.53. The van der Waals surface area contributed by atoms with E-state index in [1.807, 2.05) is 18.6 Å². The summed E-state index contributed by atoms with van der Waals surface area (Å²) >= 11 is 0. The lowest BCUT2D eigenvalue weighted by molar-refractivity contribution is 0.882. The highest BCUT2D eigenvalue weighted by molar-refractivity contribution is 5.70. The molecule has 2 heterocycles. The Morgan fingerprint density at radius 3 is 2.76 bits per heavy atom. The van der Waals surface area contributed by atoms with Gasteiger partial charge in [-0.1, -0.05) is 29.8 Å². The third-order valence-corrected chi connectivity index (χ3v) is 4.03. The van der Waals surface area contributed by atoms with E-state index < -0.39 is 0 Å². The normalized spacial score (nSPS) is 14.5. The molecule has 0 unspecified atom stereocenters. The number of nitrogens with one attached hydrogen (secondary N) is 1. The van der Waals surface area contributed by atoms with Crippen LogP contribution in [0.4, 0.5) is 5.82 Å². The first-order chi connectivity index (χ1) is 10.3. The highest BCUT2D eigenvalue weighted by atomic mass is 15.1. The average molecular weight is 278 g/mol. The quantitative estimate of drug-likeness (QED) is 0.794. The minimum absolute atomic E-state index is 0.818. The second kappa shape index (κ2) is 4.88. The summed E-state index contributed by atoms with van der Waals surface area (Å²) in [7, 11) is 0. The molecule has 1 aliphatic rings. The maximum absolute atomic E-state index is 4.58. The van der Waals surface area contributed by atoms with Crippen molar-refractivity contribution in [1.82, 2.24) is 14.4 Å². The summed E-state index contributed by atoms with van der Waals surface area (Å²) in [5.74, 6) is 1.70. The van der Waals surface area contributed by atoms with Crippen LogP contribution in [0.5, 0.6) is 0 Å². The first-order valence-electron chi connectivity index (χ1n) is 7.44. The van der Waals surface area contributed by atoms with Gasteiger partial charge in [0.1, 0.15) is 0 Å². The van der Waals surface area contributed by atoms with Gasteiger partial charge in [-0.05, 0) is 25.7 Å². The lowest BCUT2D eigenvalue weighted by Crippen LogP contribution is -2.07. The summed E-state index contributed by atoms with van der Waals surface area (Å²) in [6.07, 6.45) is 8.42. The van der Waals surface area contributed by atoms with Crippen LogP contribution in [0.25, 0.3) is 16.9 Å². The van der Waals surface area contributed by atoms with Crippen molar-refractivity contribution in [3.05, 3.63) is 48.4 Å². The monoisotopic (exact) mass is 278 g/mol. The van der Waals surface area contributed by atoms with Crippen LogP contribution in [0.3, 0.4) is 0 Å². The van der Waals surface area contributed by atoms with Crippen LogP contribution in [0.1, 0.15) is 18.4 Å². The van der Waals surface area contributed by atoms with Crippen molar-refractivity contribution in [2.24, 2.45) is 5.92 Å². The van der Waals surface area contributed by atoms with Crippen LogP contribution < -0.4 is 5.32 Å². The highest BCUT2D eigenvalue weighted by Crippen LogP contribution is 2.29. The number of imidazole rings is 1. The van der Waals surface area contributed by atoms with Crippen LogP contribution in [-0.4, -0.2) is 20.9 Å². The molecule has 0 amide bonds. The summed E-state index contributed by atoms with van der Waals surface area (Å²) in [5.41, 5.74) is 4.38. The highest BCUT2D eigenvalue weighted by Gasteiger charge is 2.21. The van der Waals surface area contributed by atoms with Gasteiger partial charge in [-0.15, -0.1) is 0 Å². The lowest BCUT2D eigenvalue weighted by atomic mass is 10.1. The van der Waals surface area contributed by atoms with Gasteiger partial charge in [0.05, 0.1) is 11.9 Å². The van der Waals surface area contributed by atoms with Crippen molar-refractivity contribution in [3.8, 4) is 11.3 Å². The minimum Gasteiger partial charge on any atom is -0.367 e. The molecule has 0 atom stereocenters. The molecule has 0 saturated heterocycles. The van der Waals surface area contributed by atoms with Crippen molar-refractivity contribution in [2.75, 3.05) is 11.9 Å². The van der Waals surface area contributed by atoms with E-state index in [0.29, 0.717) is 0 Å². The van der Waals surface area contributed by atoms with Crippen molar-refractivity contribution in [3.63, 3.8) is 0 Å². The van der Waals surface area contributed by atoms with E-state index in [2.05, 4.69) is 50.9 Å². The summed E-state index contributed by atoms with van der Waals surface area (Å²) in [6, 6.07) is 8.50. The summed E-state index contributed by atoms with van der Waals surface area (Å²) in [5, 5.41) is 3.43. The van der Waals surface area contributed by atoms with Gasteiger partial charge in [-0.2, -0.15) is 0 Å². The molecule has 1 aliphatic carbocycles. The van der Waals surface area contributed by atoms with Crippen LogP contribution in [-0.2, 0) is 0 Å². The number of rotatable bonds is 4. The molecule has 1 aromatic carbocycles. The van der Waals surface area contributed by atoms with Crippen molar-refractivity contribution in [1.29, 1.82) is 0 Å². The molecule has 1 saturated carbocycles. The summed E-state index contributed by atoms with van der Waals surface area (Å²) < 4.78 is 2.10. The molecule has 106 valence electrons. The molecule has 3 aromatic rings. The number of fused-ring (bicyclic) bond motifs is 1. The number of aryl methyl sites for hydroxylation is 1. The first-order valence-corrected chi connectivity index (χ1v) is 7.44. The molecule has 0 bridgehead atoms. The smallest absolute Gasteiger partial charge is 0.180 e. The maximum Gasteiger partial charge on any atom is 0.180 e. The minimum atomic E-state index is 0.818. The molecule has 4 heteroatoms. The van der Waals surface area contributed by atoms with Crippen LogP contribution in [0, 0.1) is 12.8 Å². The molecule has 0 spiro atoms. The second-order valence-electron chi connectivity index (χ2n) is 5.80. The Morgan fingerprint density at radius 1 is 1.19 bits per heavy atom. The SMILES string of the molecule is Cc1ccc(-c2cnc(NCC3CC3)c3nccn23)cc1. The molecule has 4 rings (SSSR count). The molecule has 0 radical (unpaired) electrons. The molecule has 1 N–H and O–H groups in total. The Bertz CT molecular complexity index is 769. The largest absolute Gasteiger partial charge is 0.367 e. The Morgan fingerprint density at radius 2 is 2.00 bits per heavy atom. The van der Waals surface area contributed by atoms with E-state index in [9.17, 15) is 0 Å². The number of aromatic nitrogens is 3. The number of benzene rings is 1. The summed E-state index contributed by atoms with van der Waals surface area (Å²) in [4.78, 5) is 9.04. The summed E-state index contributed by atoms with van der Waals surface area (Å²) in [6.45, 7) is 3.10. The Balaban J connectivity index is 1.74. The number of hydrogen-bond acceptors (Lipinski definition) is 3. The van der Waals surface area contributed by atoms with Crippen LogP contribution in [0.2, 0.25) is 0 Å². The Hall–Kier alpha value is -2.36. The fraction of sp³-hybridized carbons (Fsp3) is 0.294. The van der Waals surface area contributed by atoms with E-state index >= 15 is 0 Å². The Kier molecular flexibility index (Phi) is 2.88. The standard InChI is InChI=1S/C17H18N4/c1-12-2-6-14(7-3-12)15-11-20-16(19-10-13-4-5-13)17-18-8-9-21(15)17/h2-3,6-9,11,13H,4-5,10H2,1H3,(H,19,20). The van der Waals surface area contributed by atoms with Crippen molar-refractivity contribution >= 4 is 11.5 Å². The van der Waals surface area contributed by atoms with Gasteiger partial charge in [-0.3, -0.25) is 4.40 Å².